The summed E-state index contributed by atoms with van der Waals surface area (Å²) >= 11 is 1.72. The Hall–Kier alpha value is -2.05. The molecular formula is C17H19N5S. The summed E-state index contributed by atoms with van der Waals surface area (Å²) in [5, 5.41) is 14.9. The van der Waals surface area contributed by atoms with Crippen LogP contribution in [-0.2, 0) is 19.5 Å². The molecule has 0 saturated carbocycles. The van der Waals surface area contributed by atoms with Crippen molar-refractivity contribution in [1.29, 1.82) is 0 Å². The van der Waals surface area contributed by atoms with Crippen LogP contribution in [0.2, 0.25) is 0 Å². The maximum absolute atomic E-state index is 4.72. The second-order valence-electron chi connectivity index (χ2n) is 5.93. The van der Waals surface area contributed by atoms with Crippen molar-refractivity contribution in [2.45, 2.75) is 25.9 Å². The van der Waals surface area contributed by atoms with E-state index in [9.17, 15) is 0 Å². The van der Waals surface area contributed by atoms with Gasteiger partial charge in [0.25, 0.3) is 0 Å². The van der Waals surface area contributed by atoms with Crippen molar-refractivity contribution in [2.24, 2.45) is 5.92 Å². The fraction of sp³-hybridized carbons (Fsp3) is 0.353. The van der Waals surface area contributed by atoms with Crippen molar-refractivity contribution in [3.05, 3.63) is 52.9 Å². The summed E-state index contributed by atoms with van der Waals surface area (Å²) in [4.78, 5) is 4.72. The van der Waals surface area contributed by atoms with Gasteiger partial charge in [-0.15, -0.1) is 21.5 Å². The van der Waals surface area contributed by atoms with Gasteiger partial charge in [0.15, 0.2) is 0 Å². The predicted octanol–water partition coefficient (Wildman–Crippen LogP) is 2.75. The van der Waals surface area contributed by atoms with Crippen LogP contribution in [-0.4, -0.2) is 26.3 Å². The van der Waals surface area contributed by atoms with E-state index in [-0.39, 0.29) is 0 Å². The van der Waals surface area contributed by atoms with Crippen molar-refractivity contribution < 1.29 is 0 Å². The Morgan fingerprint density at radius 1 is 1.26 bits per heavy atom. The van der Waals surface area contributed by atoms with Crippen molar-refractivity contribution in [3.8, 4) is 11.3 Å². The minimum Gasteiger partial charge on any atom is -0.317 e. The fourth-order valence-electron chi connectivity index (χ4n) is 3.01. The Kier molecular flexibility index (Phi) is 4.17. The highest BCUT2D eigenvalue weighted by Crippen LogP contribution is 2.22. The summed E-state index contributed by atoms with van der Waals surface area (Å²) in [6.45, 7) is 2.86. The smallest absolute Gasteiger partial charge is 0.132 e. The molecule has 23 heavy (non-hydrogen) atoms. The van der Waals surface area contributed by atoms with Gasteiger partial charge in [-0.05, 0) is 12.3 Å². The van der Waals surface area contributed by atoms with Crippen LogP contribution in [0.15, 0.2) is 42.0 Å². The number of hydrogen-bond acceptors (Lipinski definition) is 5. The molecule has 3 aromatic rings. The molecule has 1 aliphatic heterocycles. The van der Waals surface area contributed by atoms with Crippen LogP contribution in [0.25, 0.3) is 11.3 Å². The van der Waals surface area contributed by atoms with E-state index in [1.807, 2.05) is 12.4 Å². The highest BCUT2D eigenvalue weighted by atomic mass is 32.1. The van der Waals surface area contributed by atoms with Gasteiger partial charge in [0.1, 0.15) is 17.2 Å². The summed E-state index contributed by atoms with van der Waals surface area (Å²) in [6, 6.07) is 10.3. The van der Waals surface area contributed by atoms with E-state index in [1.54, 1.807) is 11.3 Å². The number of hydrogen-bond donors (Lipinski definition) is 1. The van der Waals surface area contributed by atoms with Gasteiger partial charge in [0.2, 0.25) is 0 Å². The van der Waals surface area contributed by atoms with E-state index < -0.39 is 0 Å². The molecule has 0 spiro atoms. The Morgan fingerprint density at radius 2 is 2.17 bits per heavy atom. The molecule has 0 fully saturated rings. The highest BCUT2D eigenvalue weighted by Gasteiger charge is 2.19. The zero-order valence-corrected chi connectivity index (χ0v) is 13.7. The number of fused-ring (bicyclic) bond motifs is 1. The molecule has 0 radical (unpaired) electrons. The number of rotatable bonds is 5. The van der Waals surface area contributed by atoms with Gasteiger partial charge in [-0.2, -0.15) is 0 Å². The lowest BCUT2D eigenvalue weighted by Gasteiger charge is -2.23. The minimum atomic E-state index is 0.645. The van der Waals surface area contributed by atoms with Crippen LogP contribution in [0.5, 0.6) is 0 Å². The van der Waals surface area contributed by atoms with Crippen LogP contribution >= 0.6 is 11.3 Å². The molecule has 0 unspecified atom stereocenters. The zero-order chi connectivity index (χ0) is 15.5. The number of benzene rings is 1. The number of aromatic nitrogens is 4. The molecule has 4 rings (SSSR count). The summed E-state index contributed by atoms with van der Waals surface area (Å²) in [6.07, 6.45) is 4.05. The van der Waals surface area contributed by atoms with Gasteiger partial charge in [-0.25, -0.2) is 4.98 Å². The third-order valence-electron chi connectivity index (χ3n) is 4.26. The normalized spacial score (nSPS) is 17.1. The fourth-order valence-corrected chi connectivity index (χ4v) is 3.78. The van der Waals surface area contributed by atoms with Crippen LogP contribution in [0, 0.1) is 5.92 Å². The van der Waals surface area contributed by atoms with Gasteiger partial charge in [0.05, 0.1) is 5.69 Å². The van der Waals surface area contributed by atoms with E-state index >= 15 is 0 Å². The van der Waals surface area contributed by atoms with Gasteiger partial charge >= 0.3 is 0 Å². The Balaban J connectivity index is 1.30. The molecule has 1 aliphatic rings. The topological polar surface area (TPSA) is 55.6 Å². The molecule has 0 amide bonds. The first-order chi connectivity index (χ1) is 11.4. The maximum atomic E-state index is 4.72. The lowest BCUT2D eigenvalue weighted by atomic mass is 9.99. The standard InChI is InChI=1S/C17H19N5S/c1-2-4-14(5-3-1)15-11-23-17(20-15)9-18-8-13-6-7-16-21-19-12-22(16)10-13/h1-5,11-13,18H,6-10H2/t13-/m0/s1. The summed E-state index contributed by atoms with van der Waals surface area (Å²) in [5.41, 5.74) is 2.25. The van der Waals surface area contributed by atoms with E-state index in [1.165, 1.54) is 12.0 Å². The van der Waals surface area contributed by atoms with Crippen LogP contribution in [0.3, 0.4) is 0 Å². The van der Waals surface area contributed by atoms with E-state index in [4.69, 9.17) is 4.98 Å². The third kappa shape index (κ3) is 3.33. The van der Waals surface area contributed by atoms with Gasteiger partial charge in [-0.3, -0.25) is 0 Å². The summed E-state index contributed by atoms with van der Waals surface area (Å²) < 4.78 is 2.17. The van der Waals surface area contributed by atoms with E-state index in [2.05, 4.69) is 49.7 Å². The predicted molar refractivity (Wildman–Crippen MR) is 91.1 cm³/mol. The SMILES string of the molecule is c1ccc(-c2csc(CNC[C@@H]3CCc4nncn4C3)n2)cc1. The monoisotopic (exact) mass is 325 g/mol. The first-order valence-electron chi connectivity index (χ1n) is 7.96. The molecule has 3 heterocycles. The van der Waals surface area contributed by atoms with Crippen molar-refractivity contribution in [1.82, 2.24) is 25.1 Å². The highest BCUT2D eigenvalue weighted by molar-refractivity contribution is 7.09. The first kappa shape index (κ1) is 14.5. The lowest BCUT2D eigenvalue weighted by Crippen LogP contribution is -2.29. The largest absolute Gasteiger partial charge is 0.317 e. The number of aryl methyl sites for hydroxylation is 1. The van der Waals surface area contributed by atoms with Crippen molar-refractivity contribution in [2.75, 3.05) is 6.54 Å². The molecular weight excluding hydrogens is 306 g/mol. The van der Waals surface area contributed by atoms with E-state index in [0.29, 0.717) is 5.92 Å². The van der Waals surface area contributed by atoms with Gasteiger partial charge < -0.3 is 9.88 Å². The molecule has 5 nitrogen and oxygen atoms in total. The third-order valence-corrected chi connectivity index (χ3v) is 5.11. The number of thiazole rings is 1. The van der Waals surface area contributed by atoms with Crippen molar-refractivity contribution in [3.63, 3.8) is 0 Å². The quantitative estimate of drug-likeness (QED) is 0.784. The Morgan fingerprint density at radius 3 is 3.09 bits per heavy atom. The molecule has 0 saturated heterocycles. The number of nitrogens with zero attached hydrogens (tertiary/aromatic N) is 4. The second-order valence-corrected chi connectivity index (χ2v) is 6.87. The first-order valence-corrected chi connectivity index (χ1v) is 8.83. The van der Waals surface area contributed by atoms with E-state index in [0.717, 1.165) is 42.6 Å². The lowest BCUT2D eigenvalue weighted by molar-refractivity contribution is 0.347. The Labute approximate surface area is 139 Å². The second kappa shape index (κ2) is 6.60. The van der Waals surface area contributed by atoms with Crippen LogP contribution < -0.4 is 5.32 Å². The van der Waals surface area contributed by atoms with Gasteiger partial charge in [0, 0.05) is 37.0 Å². The molecule has 1 atom stereocenters. The zero-order valence-electron chi connectivity index (χ0n) is 12.9. The molecule has 6 heteroatoms. The summed E-state index contributed by atoms with van der Waals surface area (Å²) in [7, 11) is 0. The molecule has 2 aromatic heterocycles. The average Bonchev–Trinajstić information content (AvgIpc) is 3.24. The Bertz CT molecular complexity index is 764. The maximum Gasteiger partial charge on any atom is 0.132 e. The van der Waals surface area contributed by atoms with Gasteiger partial charge in [-0.1, -0.05) is 30.3 Å². The average molecular weight is 325 g/mol. The molecule has 118 valence electrons. The van der Waals surface area contributed by atoms with Crippen LogP contribution in [0.4, 0.5) is 0 Å². The molecule has 1 aromatic carbocycles. The molecule has 1 N–H and O–H groups in total. The summed E-state index contributed by atoms with van der Waals surface area (Å²) in [5.74, 6) is 1.76. The van der Waals surface area contributed by atoms with Crippen LogP contribution in [0.1, 0.15) is 17.3 Å². The minimum absolute atomic E-state index is 0.645. The molecule has 0 aliphatic carbocycles. The van der Waals surface area contributed by atoms with Crippen molar-refractivity contribution >= 4 is 11.3 Å². The molecule has 0 bridgehead atoms. The number of nitrogens with one attached hydrogen (secondary N) is 1.